The van der Waals surface area contributed by atoms with Gasteiger partial charge in [-0.1, -0.05) is 106 Å². The molecule has 10 rings (SSSR count). The van der Waals surface area contributed by atoms with Crippen molar-refractivity contribution in [1.82, 2.24) is 9.55 Å². The molecular formula is C49H44N4OPt. The molecule has 0 N–H and O–H groups in total. The third-order valence-electron chi connectivity index (χ3n) is 12.8. The van der Waals surface area contributed by atoms with Crippen molar-refractivity contribution >= 4 is 33.5 Å². The third kappa shape index (κ3) is 4.81. The van der Waals surface area contributed by atoms with E-state index in [-0.39, 0.29) is 32.0 Å². The van der Waals surface area contributed by atoms with Gasteiger partial charge < -0.3 is 19.2 Å². The van der Waals surface area contributed by atoms with E-state index in [2.05, 4.69) is 163 Å². The number of hydrogen-bond donors (Lipinski definition) is 0. The number of aryl methyl sites for hydroxylation is 5. The Morgan fingerprint density at radius 2 is 1.42 bits per heavy atom. The SMILES string of the molecule is Cc1cc(Oc2[c-]c3c(cc2C)C(C)(C)c2cccc4c5cccnc5n-3c24)[c-]c(C2=N[C@]3(C)Cc4ccccc4[C@]3(C)N2c2c(C)cc(C)cc2C)c1.[Pt+2]. The Morgan fingerprint density at radius 1 is 0.709 bits per heavy atom. The van der Waals surface area contributed by atoms with Crippen molar-refractivity contribution in [3.8, 4) is 17.2 Å². The zero-order valence-corrected chi connectivity index (χ0v) is 35.2. The molecule has 0 unspecified atom stereocenters. The van der Waals surface area contributed by atoms with Crippen LogP contribution in [-0.4, -0.2) is 20.9 Å². The first-order chi connectivity index (χ1) is 25.8. The summed E-state index contributed by atoms with van der Waals surface area (Å²) in [5.74, 6) is 2.26. The Hall–Kier alpha value is -4.99. The molecule has 2 atom stereocenters. The minimum atomic E-state index is -0.396. The van der Waals surface area contributed by atoms with E-state index in [9.17, 15) is 0 Å². The van der Waals surface area contributed by atoms with E-state index in [1.165, 1.54) is 55.5 Å². The first-order valence-corrected chi connectivity index (χ1v) is 19.0. The zero-order valence-electron chi connectivity index (χ0n) is 32.9. The topological polar surface area (TPSA) is 42.6 Å². The maximum Gasteiger partial charge on any atom is 2.00 e. The first kappa shape index (κ1) is 35.7. The summed E-state index contributed by atoms with van der Waals surface area (Å²) in [5.41, 5.74) is 15.3. The van der Waals surface area contributed by atoms with Crippen LogP contribution in [0.15, 0.2) is 96.1 Å². The maximum absolute atomic E-state index is 6.88. The Kier molecular flexibility index (Phi) is 7.79. The van der Waals surface area contributed by atoms with Crippen molar-refractivity contribution in [2.24, 2.45) is 4.99 Å². The molecule has 0 bridgehead atoms. The summed E-state index contributed by atoms with van der Waals surface area (Å²) in [7, 11) is 0. The number of nitrogens with zero attached hydrogens (tertiary/aromatic N) is 4. The Morgan fingerprint density at radius 3 is 2.20 bits per heavy atom. The second-order valence-corrected chi connectivity index (χ2v) is 16.8. The largest absolute Gasteiger partial charge is 2.00 e. The molecule has 0 saturated carbocycles. The summed E-state index contributed by atoms with van der Waals surface area (Å²) in [5, 5.41) is 2.35. The smallest absolute Gasteiger partial charge is 0.503 e. The molecule has 0 fully saturated rings. The van der Waals surface area contributed by atoms with Crippen LogP contribution in [0.4, 0.5) is 5.69 Å². The van der Waals surface area contributed by atoms with Crippen molar-refractivity contribution in [1.29, 1.82) is 0 Å². The molecule has 2 aliphatic heterocycles. The zero-order chi connectivity index (χ0) is 37.5. The number of fused-ring (bicyclic) bond motifs is 8. The van der Waals surface area contributed by atoms with Crippen LogP contribution in [0.3, 0.4) is 0 Å². The van der Waals surface area contributed by atoms with Crippen molar-refractivity contribution in [2.75, 3.05) is 4.90 Å². The molecule has 55 heavy (non-hydrogen) atoms. The molecule has 0 saturated heterocycles. The summed E-state index contributed by atoms with van der Waals surface area (Å²) in [6.45, 7) is 20.2. The van der Waals surface area contributed by atoms with E-state index >= 15 is 0 Å². The van der Waals surface area contributed by atoms with Gasteiger partial charge in [-0.3, -0.25) is 0 Å². The summed E-state index contributed by atoms with van der Waals surface area (Å²) in [6, 6.07) is 38.3. The number of ether oxygens (including phenoxy) is 1. The van der Waals surface area contributed by atoms with Crippen LogP contribution >= 0.6 is 0 Å². The fraction of sp³-hybridized carbons (Fsp3) is 0.265. The molecule has 7 aromatic rings. The van der Waals surface area contributed by atoms with Crippen LogP contribution in [0.2, 0.25) is 0 Å². The van der Waals surface area contributed by atoms with Crippen LogP contribution < -0.4 is 9.64 Å². The minimum Gasteiger partial charge on any atom is -0.503 e. The molecule has 5 aromatic carbocycles. The molecule has 6 heteroatoms. The van der Waals surface area contributed by atoms with E-state index in [1.54, 1.807) is 0 Å². The van der Waals surface area contributed by atoms with Crippen molar-refractivity contribution < 1.29 is 25.8 Å². The number of aromatic nitrogens is 2. The van der Waals surface area contributed by atoms with Gasteiger partial charge >= 0.3 is 21.1 Å². The normalized spacial score (nSPS) is 20.2. The second kappa shape index (κ2) is 12.0. The van der Waals surface area contributed by atoms with Crippen LogP contribution in [0.1, 0.15) is 83.3 Å². The van der Waals surface area contributed by atoms with Gasteiger partial charge in [0.25, 0.3) is 0 Å². The second-order valence-electron chi connectivity index (χ2n) is 16.8. The number of rotatable bonds is 4. The fourth-order valence-corrected chi connectivity index (χ4v) is 10.1. The van der Waals surface area contributed by atoms with E-state index in [0.29, 0.717) is 11.5 Å². The molecule has 3 aliphatic rings. The van der Waals surface area contributed by atoms with Crippen LogP contribution in [0, 0.1) is 46.8 Å². The summed E-state index contributed by atoms with van der Waals surface area (Å²) < 4.78 is 9.17. The molecule has 1 aliphatic carbocycles. The average molecular weight is 900 g/mol. The van der Waals surface area contributed by atoms with Gasteiger partial charge in [0.1, 0.15) is 5.65 Å². The number of pyridine rings is 1. The number of hydrogen-bond acceptors (Lipinski definition) is 4. The number of aliphatic imine (C=N–C) groups is 1. The molecule has 0 amide bonds. The predicted molar refractivity (Wildman–Crippen MR) is 220 cm³/mol. The van der Waals surface area contributed by atoms with Crippen molar-refractivity contribution in [3.05, 3.63) is 159 Å². The van der Waals surface area contributed by atoms with Crippen LogP contribution in [-0.2, 0) is 38.4 Å². The first-order valence-electron chi connectivity index (χ1n) is 19.0. The Labute approximate surface area is 338 Å². The van der Waals surface area contributed by atoms with Gasteiger partial charge in [0.05, 0.1) is 22.4 Å². The number of benzene rings is 5. The maximum atomic E-state index is 6.88. The molecular weight excluding hydrogens is 856 g/mol. The number of anilines is 1. The van der Waals surface area contributed by atoms with Crippen molar-refractivity contribution in [2.45, 2.75) is 85.2 Å². The minimum absolute atomic E-state index is 0. The molecule has 5 nitrogen and oxygen atoms in total. The summed E-state index contributed by atoms with van der Waals surface area (Å²) >= 11 is 0. The van der Waals surface area contributed by atoms with Gasteiger partial charge in [-0.15, -0.1) is 34.4 Å². The average Bonchev–Trinajstić information content (AvgIpc) is 3.66. The summed E-state index contributed by atoms with van der Waals surface area (Å²) in [6.07, 6.45) is 2.75. The van der Waals surface area contributed by atoms with Crippen molar-refractivity contribution in [3.63, 3.8) is 0 Å². The van der Waals surface area contributed by atoms with E-state index in [1.807, 2.05) is 12.3 Å². The van der Waals surface area contributed by atoms with Gasteiger partial charge in [0, 0.05) is 34.2 Å². The molecule has 0 radical (unpaired) electrons. The van der Waals surface area contributed by atoms with Gasteiger partial charge in [0.2, 0.25) is 0 Å². The van der Waals surface area contributed by atoms with Gasteiger partial charge in [0.15, 0.2) is 0 Å². The van der Waals surface area contributed by atoms with Gasteiger partial charge in [-0.05, 0) is 86.4 Å². The predicted octanol–water partition coefficient (Wildman–Crippen LogP) is 11.2. The third-order valence-corrected chi connectivity index (χ3v) is 12.8. The number of amidine groups is 1. The quantitative estimate of drug-likeness (QED) is 0.165. The summed E-state index contributed by atoms with van der Waals surface area (Å²) in [4.78, 5) is 13.1. The van der Waals surface area contributed by atoms with Gasteiger partial charge in [-0.2, -0.15) is 6.07 Å². The van der Waals surface area contributed by atoms with E-state index in [0.717, 1.165) is 45.7 Å². The van der Waals surface area contributed by atoms with E-state index in [4.69, 9.17) is 14.7 Å². The van der Waals surface area contributed by atoms with Gasteiger partial charge in [-0.25, -0.2) is 4.98 Å². The molecule has 0 spiro atoms. The number of para-hydroxylation sites is 1. The molecule has 276 valence electrons. The van der Waals surface area contributed by atoms with E-state index < -0.39 is 5.54 Å². The monoisotopic (exact) mass is 899 g/mol. The Bertz CT molecular complexity index is 2790. The Balaban J connectivity index is 0.00000397. The van der Waals surface area contributed by atoms with Crippen LogP contribution in [0.25, 0.3) is 27.6 Å². The molecule has 4 heterocycles. The fourth-order valence-electron chi connectivity index (χ4n) is 10.1. The molecule has 2 aromatic heterocycles. The standard InChI is InChI=1S/C49H44N4O.Pt/c1-28-20-31(4)43(32(5)21-28)53-45(51-48(8)27-33-14-10-11-17-38(33)49(48,53)9)34-22-29(2)23-35(25-34)54-42-26-41-40(24-30(42)3)47(6,7)39-18-12-15-36-37-16-13-19-50-46(37)52(41)44(36)39;/h10-24H,27H2,1-9H3;/q-2;+2/t48-,49+;/m1./s1. The van der Waals surface area contributed by atoms with Crippen LogP contribution in [0.5, 0.6) is 11.5 Å².